The summed E-state index contributed by atoms with van der Waals surface area (Å²) in [6.07, 6.45) is 24.2. The van der Waals surface area contributed by atoms with E-state index in [0.29, 0.717) is 5.92 Å². The molecule has 40 heavy (non-hydrogen) atoms. The zero-order valence-corrected chi connectivity index (χ0v) is 26.8. The van der Waals surface area contributed by atoms with Crippen molar-refractivity contribution in [2.24, 2.45) is 0 Å². The van der Waals surface area contributed by atoms with Gasteiger partial charge in [-0.2, -0.15) is 0 Å². The van der Waals surface area contributed by atoms with Crippen molar-refractivity contribution in [3.63, 3.8) is 0 Å². The van der Waals surface area contributed by atoms with E-state index in [0.717, 1.165) is 8.58 Å². The van der Waals surface area contributed by atoms with Gasteiger partial charge in [0.15, 0.2) is 0 Å². The Morgan fingerprint density at radius 1 is 0.475 bits per heavy atom. The molecule has 0 spiro atoms. The Bertz CT molecular complexity index is 942. The first-order valence-electron chi connectivity index (χ1n) is 16.7. The van der Waals surface area contributed by atoms with Crippen LogP contribution in [0.15, 0.2) is 91.0 Å². The second-order valence-corrected chi connectivity index (χ2v) is 13.5. The molecule has 0 aliphatic heterocycles. The maximum absolute atomic E-state index is 2.45. The smallest absolute Gasteiger partial charge is 0.0438 e. The van der Waals surface area contributed by atoms with Gasteiger partial charge in [-0.15, -0.1) is 8.58 Å². The fourth-order valence-corrected chi connectivity index (χ4v) is 8.41. The molecule has 0 aliphatic carbocycles. The van der Waals surface area contributed by atoms with Crippen LogP contribution in [0.25, 0.3) is 0 Å². The number of benzene rings is 3. The summed E-state index contributed by atoms with van der Waals surface area (Å²) in [6, 6.07) is 33.9. The van der Waals surface area contributed by atoms with Crippen LogP contribution in [-0.4, -0.2) is 6.16 Å². The van der Waals surface area contributed by atoms with Crippen LogP contribution in [0.3, 0.4) is 0 Å². The summed E-state index contributed by atoms with van der Waals surface area (Å²) in [6.45, 7) is 4.76. The molecule has 0 aliphatic rings. The molecule has 0 fully saturated rings. The van der Waals surface area contributed by atoms with Crippen LogP contribution in [-0.2, 0) is 5.16 Å². The van der Waals surface area contributed by atoms with Crippen LogP contribution in [0.5, 0.6) is 0 Å². The van der Waals surface area contributed by atoms with E-state index in [4.69, 9.17) is 0 Å². The minimum atomic E-state index is 0.0133. The molecule has 218 valence electrons. The van der Waals surface area contributed by atoms with Crippen molar-refractivity contribution in [1.29, 1.82) is 0 Å². The predicted octanol–water partition coefficient (Wildman–Crippen LogP) is 12.7. The molecule has 0 amide bonds. The lowest BCUT2D eigenvalue weighted by Crippen LogP contribution is -2.29. The van der Waals surface area contributed by atoms with E-state index >= 15 is 0 Å². The molecule has 1 heteroatoms. The lowest BCUT2D eigenvalue weighted by molar-refractivity contribution is 0.531. The highest BCUT2D eigenvalue weighted by molar-refractivity contribution is 7.40. The molecule has 0 bridgehead atoms. The molecule has 2 atom stereocenters. The summed E-state index contributed by atoms with van der Waals surface area (Å²) >= 11 is 0. The van der Waals surface area contributed by atoms with Gasteiger partial charge < -0.3 is 0 Å². The van der Waals surface area contributed by atoms with Crippen molar-refractivity contribution >= 4 is 8.58 Å². The molecule has 0 N–H and O–H groups in total. The Morgan fingerprint density at radius 2 is 0.825 bits per heavy atom. The Labute approximate surface area is 249 Å². The molecule has 0 saturated heterocycles. The summed E-state index contributed by atoms with van der Waals surface area (Å²) in [4.78, 5) is 0. The van der Waals surface area contributed by atoms with Gasteiger partial charge in [-0.05, 0) is 35.2 Å². The predicted molar refractivity (Wildman–Crippen MR) is 181 cm³/mol. The number of unbranched alkanes of at least 4 members (excludes halogenated alkanes) is 15. The van der Waals surface area contributed by atoms with Crippen molar-refractivity contribution in [2.75, 3.05) is 6.16 Å². The first-order chi connectivity index (χ1) is 19.8. The molecule has 3 rings (SSSR count). The van der Waals surface area contributed by atoms with Gasteiger partial charge in [0.2, 0.25) is 0 Å². The minimum absolute atomic E-state index is 0.0133. The van der Waals surface area contributed by atoms with Crippen molar-refractivity contribution in [1.82, 2.24) is 0 Å². The highest BCUT2D eigenvalue weighted by Crippen LogP contribution is 2.56. The van der Waals surface area contributed by atoms with Gasteiger partial charge in [0.25, 0.3) is 0 Å². The molecule has 0 aromatic heterocycles. The van der Waals surface area contributed by atoms with Crippen LogP contribution in [0.2, 0.25) is 0 Å². The first kappa shape index (κ1) is 32.6. The maximum Gasteiger partial charge on any atom is 0.0438 e. The zero-order valence-electron chi connectivity index (χ0n) is 25.8. The fourth-order valence-electron chi connectivity index (χ4n) is 6.38. The Kier molecular flexibility index (Phi) is 16.3. The number of hydrogen-bond donors (Lipinski definition) is 0. The van der Waals surface area contributed by atoms with Gasteiger partial charge in [0.05, 0.1) is 0 Å². The van der Waals surface area contributed by atoms with Crippen LogP contribution in [0.1, 0.15) is 139 Å². The Hall–Kier alpha value is -1.91. The van der Waals surface area contributed by atoms with Gasteiger partial charge in [0.1, 0.15) is 0 Å². The maximum atomic E-state index is 2.45. The van der Waals surface area contributed by atoms with E-state index in [1.54, 1.807) is 0 Å². The molecule has 0 saturated carbocycles. The van der Waals surface area contributed by atoms with E-state index < -0.39 is 0 Å². The second-order valence-electron chi connectivity index (χ2n) is 11.9. The van der Waals surface area contributed by atoms with Crippen molar-refractivity contribution in [3.8, 4) is 0 Å². The van der Waals surface area contributed by atoms with Crippen LogP contribution < -0.4 is 0 Å². The molecule has 3 aromatic carbocycles. The quantitative estimate of drug-likeness (QED) is 0.0852. The molecule has 0 radical (unpaired) electrons. The summed E-state index contributed by atoms with van der Waals surface area (Å²) in [5.74, 6) is 0.415. The summed E-state index contributed by atoms with van der Waals surface area (Å²) < 4.78 is 0. The largest absolute Gasteiger partial charge is 0.106 e. The SMILES string of the molecule is CCCCCCCCCCCCCCCCCCPC(c1ccccc1)(c1ccccc1)C(C)c1ccccc1. The minimum Gasteiger partial charge on any atom is -0.106 e. The summed E-state index contributed by atoms with van der Waals surface area (Å²) in [5, 5.41) is 0.0133. The van der Waals surface area contributed by atoms with E-state index in [1.807, 2.05) is 0 Å². The second kappa shape index (κ2) is 20.0. The Balaban J connectivity index is 1.42. The third-order valence-electron chi connectivity index (χ3n) is 8.84. The first-order valence-corrected chi connectivity index (χ1v) is 17.9. The van der Waals surface area contributed by atoms with Gasteiger partial charge in [-0.3, -0.25) is 0 Å². The van der Waals surface area contributed by atoms with E-state index in [-0.39, 0.29) is 5.16 Å². The third kappa shape index (κ3) is 10.8. The van der Waals surface area contributed by atoms with Gasteiger partial charge in [-0.1, -0.05) is 201 Å². The molecule has 0 nitrogen and oxygen atoms in total. The Morgan fingerprint density at radius 3 is 1.23 bits per heavy atom. The number of rotatable bonds is 22. The van der Waals surface area contributed by atoms with Crippen LogP contribution in [0, 0.1) is 0 Å². The average molecular weight is 557 g/mol. The van der Waals surface area contributed by atoms with E-state index in [1.165, 1.54) is 126 Å². The molecule has 3 aromatic rings. The molecular formula is C39H57P. The average Bonchev–Trinajstić information content (AvgIpc) is 3.02. The normalized spacial score (nSPS) is 12.8. The fraction of sp³-hybridized carbons (Fsp3) is 0.538. The van der Waals surface area contributed by atoms with Crippen molar-refractivity contribution in [2.45, 2.75) is 128 Å². The lowest BCUT2D eigenvalue weighted by atomic mass is 9.77. The monoisotopic (exact) mass is 556 g/mol. The highest BCUT2D eigenvalue weighted by atomic mass is 31.1. The van der Waals surface area contributed by atoms with Crippen LogP contribution in [0.4, 0.5) is 0 Å². The molecule has 2 unspecified atom stereocenters. The van der Waals surface area contributed by atoms with Gasteiger partial charge >= 0.3 is 0 Å². The van der Waals surface area contributed by atoms with Crippen molar-refractivity contribution < 1.29 is 0 Å². The van der Waals surface area contributed by atoms with Gasteiger partial charge in [0, 0.05) is 5.16 Å². The van der Waals surface area contributed by atoms with Crippen LogP contribution >= 0.6 is 8.58 Å². The lowest BCUT2D eigenvalue weighted by Gasteiger charge is -2.41. The third-order valence-corrected chi connectivity index (χ3v) is 11.0. The van der Waals surface area contributed by atoms with Gasteiger partial charge in [-0.25, -0.2) is 0 Å². The number of hydrogen-bond acceptors (Lipinski definition) is 0. The molecule has 0 heterocycles. The highest BCUT2D eigenvalue weighted by Gasteiger charge is 2.39. The van der Waals surface area contributed by atoms with Crippen molar-refractivity contribution in [3.05, 3.63) is 108 Å². The van der Waals surface area contributed by atoms with E-state index in [2.05, 4.69) is 105 Å². The summed E-state index contributed by atoms with van der Waals surface area (Å²) in [5.41, 5.74) is 4.37. The van der Waals surface area contributed by atoms with E-state index in [9.17, 15) is 0 Å². The summed E-state index contributed by atoms with van der Waals surface area (Å²) in [7, 11) is 0.865. The topological polar surface area (TPSA) is 0 Å². The standard InChI is InChI=1S/C39H57P/c1-3-4-5-6-7-8-9-10-11-12-13-14-15-16-17-27-34-40-39(37-30-23-19-24-31-37,38-32-25-20-26-33-38)35(2)36-28-21-18-22-29-36/h18-26,28-33,35,40H,3-17,27,34H2,1-2H3. The molecular weight excluding hydrogens is 499 g/mol. The zero-order chi connectivity index (χ0) is 28.1.